The predicted octanol–water partition coefficient (Wildman–Crippen LogP) is 3.23. The first-order valence-corrected chi connectivity index (χ1v) is 5.95. The highest BCUT2D eigenvalue weighted by Gasteiger charge is 2.10. The number of hydrogen-bond acceptors (Lipinski definition) is 2. The molecule has 2 aromatic carbocycles. The molecular weight excluding hydrogens is 210 g/mol. The first-order chi connectivity index (χ1) is 8.42. The summed E-state index contributed by atoms with van der Waals surface area (Å²) in [4.78, 5) is 0. The molecule has 0 amide bonds. The Morgan fingerprint density at radius 2 is 1.94 bits per heavy atom. The van der Waals surface area contributed by atoms with E-state index in [4.69, 9.17) is 4.74 Å². The molecule has 3 rings (SSSR count). The smallest absolute Gasteiger partial charge is 0.120 e. The molecule has 0 spiro atoms. The summed E-state index contributed by atoms with van der Waals surface area (Å²) >= 11 is 0. The molecule has 1 aliphatic heterocycles. The Morgan fingerprint density at radius 1 is 1.06 bits per heavy atom. The number of fused-ring (bicyclic) bond motifs is 1. The van der Waals surface area contributed by atoms with Crippen LogP contribution in [0, 0.1) is 0 Å². The van der Waals surface area contributed by atoms with Crippen molar-refractivity contribution in [2.75, 3.05) is 11.9 Å². The third kappa shape index (κ3) is 2.26. The van der Waals surface area contributed by atoms with Crippen molar-refractivity contribution in [3.8, 4) is 5.75 Å². The Hall–Kier alpha value is -1.96. The molecule has 2 nitrogen and oxygen atoms in total. The lowest BCUT2D eigenvalue weighted by atomic mass is 10.1. The van der Waals surface area contributed by atoms with Gasteiger partial charge in [-0.1, -0.05) is 30.3 Å². The summed E-state index contributed by atoms with van der Waals surface area (Å²) in [6.45, 7) is 1.67. The van der Waals surface area contributed by atoms with E-state index >= 15 is 0 Å². The second-order valence-corrected chi connectivity index (χ2v) is 4.27. The van der Waals surface area contributed by atoms with Crippen molar-refractivity contribution in [2.45, 2.75) is 13.0 Å². The number of nitrogens with one attached hydrogen (secondary N) is 1. The van der Waals surface area contributed by atoms with Crippen molar-refractivity contribution in [2.24, 2.45) is 0 Å². The average molecular weight is 225 g/mol. The Morgan fingerprint density at radius 3 is 2.82 bits per heavy atom. The van der Waals surface area contributed by atoms with Gasteiger partial charge in [-0.15, -0.1) is 0 Å². The highest BCUT2D eigenvalue weighted by Crippen LogP contribution is 2.26. The average Bonchev–Trinajstić information content (AvgIpc) is 2.85. The van der Waals surface area contributed by atoms with Crippen molar-refractivity contribution in [3.63, 3.8) is 0 Å². The number of ether oxygens (including phenoxy) is 1. The van der Waals surface area contributed by atoms with Gasteiger partial charge in [0, 0.05) is 12.2 Å². The van der Waals surface area contributed by atoms with E-state index in [1.807, 2.05) is 24.3 Å². The van der Waals surface area contributed by atoms with Crippen LogP contribution in [0.3, 0.4) is 0 Å². The molecule has 86 valence electrons. The molecule has 0 radical (unpaired) electrons. The molecule has 0 aliphatic carbocycles. The largest absolute Gasteiger partial charge is 0.489 e. The Bertz CT molecular complexity index is 508. The lowest BCUT2D eigenvalue weighted by molar-refractivity contribution is 0.306. The van der Waals surface area contributed by atoms with Crippen LogP contribution in [-0.4, -0.2) is 6.54 Å². The molecule has 1 heterocycles. The third-order valence-electron chi connectivity index (χ3n) is 3.03. The topological polar surface area (TPSA) is 21.3 Å². The van der Waals surface area contributed by atoms with E-state index in [0.717, 1.165) is 18.7 Å². The van der Waals surface area contributed by atoms with Gasteiger partial charge in [0.25, 0.3) is 0 Å². The number of hydrogen-bond donors (Lipinski definition) is 1. The van der Waals surface area contributed by atoms with Crippen LogP contribution in [0.4, 0.5) is 5.69 Å². The number of rotatable bonds is 3. The monoisotopic (exact) mass is 225 g/mol. The Balaban J connectivity index is 1.70. The number of anilines is 1. The summed E-state index contributed by atoms with van der Waals surface area (Å²) in [6.07, 6.45) is 1.10. The maximum absolute atomic E-state index is 5.79. The quantitative estimate of drug-likeness (QED) is 0.865. The SMILES string of the molecule is c1ccc(COc2ccc3c(c2)CCN3)cc1. The van der Waals surface area contributed by atoms with E-state index < -0.39 is 0 Å². The zero-order valence-corrected chi connectivity index (χ0v) is 9.65. The highest BCUT2D eigenvalue weighted by molar-refractivity contribution is 5.57. The highest BCUT2D eigenvalue weighted by atomic mass is 16.5. The second-order valence-electron chi connectivity index (χ2n) is 4.27. The molecule has 0 atom stereocenters. The molecule has 17 heavy (non-hydrogen) atoms. The van der Waals surface area contributed by atoms with Gasteiger partial charge in [0.15, 0.2) is 0 Å². The van der Waals surface area contributed by atoms with Gasteiger partial charge in [0.1, 0.15) is 12.4 Å². The van der Waals surface area contributed by atoms with Gasteiger partial charge in [-0.05, 0) is 35.7 Å². The van der Waals surface area contributed by atoms with E-state index in [1.165, 1.54) is 16.8 Å². The van der Waals surface area contributed by atoms with Crippen LogP contribution in [0.2, 0.25) is 0 Å². The molecule has 0 saturated carbocycles. The molecule has 2 heteroatoms. The van der Waals surface area contributed by atoms with Crippen molar-refractivity contribution < 1.29 is 4.74 Å². The minimum atomic E-state index is 0.632. The van der Waals surface area contributed by atoms with Crippen molar-refractivity contribution >= 4 is 5.69 Å². The van der Waals surface area contributed by atoms with Crippen LogP contribution in [0.15, 0.2) is 48.5 Å². The molecule has 0 bridgehead atoms. The van der Waals surface area contributed by atoms with Gasteiger partial charge in [-0.3, -0.25) is 0 Å². The molecule has 0 fully saturated rings. The summed E-state index contributed by atoms with van der Waals surface area (Å²) in [5.41, 5.74) is 3.80. The Kier molecular flexibility index (Phi) is 2.70. The normalized spacial score (nSPS) is 12.9. The summed E-state index contributed by atoms with van der Waals surface area (Å²) in [5, 5.41) is 3.35. The fourth-order valence-corrected chi connectivity index (χ4v) is 2.11. The van der Waals surface area contributed by atoms with Crippen molar-refractivity contribution in [3.05, 3.63) is 59.7 Å². The van der Waals surface area contributed by atoms with Crippen molar-refractivity contribution in [1.82, 2.24) is 0 Å². The summed E-state index contributed by atoms with van der Waals surface area (Å²) in [6, 6.07) is 16.5. The van der Waals surface area contributed by atoms with Crippen LogP contribution in [0.25, 0.3) is 0 Å². The molecule has 1 N–H and O–H groups in total. The van der Waals surface area contributed by atoms with Crippen LogP contribution in [0.5, 0.6) is 5.75 Å². The summed E-state index contributed by atoms with van der Waals surface area (Å²) in [5.74, 6) is 0.955. The zero-order valence-electron chi connectivity index (χ0n) is 9.65. The van der Waals surface area contributed by atoms with Gasteiger partial charge in [0.2, 0.25) is 0 Å². The standard InChI is InChI=1S/C15H15NO/c1-2-4-12(5-3-1)11-17-14-6-7-15-13(10-14)8-9-16-15/h1-7,10,16H,8-9,11H2. The summed E-state index contributed by atoms with van der Waals surface area (Å²) < 4.78 is 5.79. The lowest BCUT2D eigenvalue weighted by Gasteiger charge is -2.08. The van der Waals surface area contributed by atoms with Gasteiger partial charge in [-0.25, -0.2) is 0 Å². The second kappa shape index (κ2) is 4.50. The number of benzene rings is 2. The van der Waals surface area contributed by atoms with E-state index in [9.17, 15) is 0 Å². The molecular formula is C15H15NO. The predicted molar refractivity (Wildman–Crippen MR) is 69.4 cm³/mol. The zero-order chi connectivity index (χ0) is 11.5. The fraction of sp³-hybridized carbons (Fsp3) is 0.200. The van der Waals surface area contributed by atoms with Crippen LogP contribution < -0.4 is 10.1 Å². The molecule has 0 aromatic heterocycles. The fourth-order valence-electron chi connectivity index (χ4n) is 2.11. The maximum Gasteiger partial charge on any atom is 0.120 e. The first-order valence-electron chi connectivity index (χ1n) is 5.95. The van der Waals surface area contributed by atoms with E-state index in [0.29, 0.717) is 6.61 Å². The minimum absolute atomic E-state index is 0.632. The third-order valence-corrected chi connectivity index (χ3v) is 3.03. The van der Waals surface area contributed by atoms with E-state index in [1.54, 1.807) is 0 Å². The Labute approximate surface area is 101 Å². The van der Waals surface area contributed by atoms with Crippen LogP contribution >= 0.6 is 0 Å². The molecule has 1 aliphatic rings. The van der Waals surface area contributed by atoms with Crippen LogP contribution in [-0.2, 0) is 13.0 Å². The lowest BCUT2D eigenvalue weighted by Crippen LogP contribution is -1.95. The van der Waals surface area contributed by atoms with Crippen LogP contribution in [0.1, 0.15) is 11.1 Å². The van der Waals surface area contributed by atoms with Gasteiger partial charge in [0.05, 0.1) is 0 Å². The van der Waals surface area contributed by atoms with Crippen molar-refractivity contribution in [1.29, 1.82) is 0 Å². The first kappa shape index (κ1) is 10.2. The summed E-state index contributed by atoms with van der Waals surface area (Å²) in [7, 11) is 0. The van der Waals surface area contributed by atoms with Gasteiger partial charge < -0.3 is 10.1 Å². The minimum Gasteiger partial charge on any atom is -0.489 e. The van der Waals surface area contributed by atoms with E-state index in [2.05, 4.69) is 29.6 Å². The van der Waals surface area contributed by atoms with Gasteiger partial charge in [-0.2, -0.15) is 0 Å². The van der Waals surface area contributed by atoms with Gasteiger partial charge >= 0.3 is 0 Å². The maximum atomic E-state index is 5.79. The molecule has 0 saturated heterocycles. The van der Waals surface area contributed by atoms with E-state index in [-0.39, 0.29) is 0 Å². The molecule has 2 aromatic rings. The molecule has 0 unspecified atom stereocenters.